The van der Waals surface area contributed by atoms with Gasteiger partial charge in [-0.1, -0.05) is 6.92 Å². The maximum atomic E-state index is 12.1. The van der Waals surface area contributed by atoms with Crippen molar-refractivity contribution in [2.24, 2.45) is 0 Å². The molecule has 1 N–H and O–H groups in total. The Morgan fingerprint density at radius 3 is 2.55 bits per heavy atom. The first kappa shape index (κ1) is 14.5. The number of amides is 1. The number of nitrogens with zero attached hydrogens (tertiary/aromatic N) is 4. The number of carbonyl (C=O) groups excluding carboxylic acids is 1. The third-order valence-corrected chi connectivity index (χ3v) is 3.59. The van der Waals surface area contributed by atoms with E-state index in [2.05, 4.69) is 16.9 Å². The lowest BCUT2D eigenvalue weighted by molar-refractivity contribution is -0.133. The lowest BCUT2D eigenvalue weighted by Crippen LogP contribution is -2.48. The second kappa shape index (κ2) is 6.51. The molecule has 1 amide bonds. The van der Waals surface area contributed by atoms with Gasteiger partial charge in [0.25, 0.3) is 0 Å². The summed E-state index contributed by atoms with van der Waals surface area (Å²) in [5.74, 6) is -0.945. The molecule has 1 aliphatic rings. The minimum absolute atomic E-state index is 0.00834. The van der Waals surface area contributed by atoms with Gasteiger partial charge in [0.15, 0.2) is 5.69 Å². The van der Waals surface area contributed by atoms with Crippen LogP contribution in [0.1, 0.15) is 23.8 Å². The van der Waals surface area contributed by atoms with Crippen molar-refractivity contribution < 1.29 is 14.7 Å². The molecule has 7 heteroatoms. The van der Waals surface area contributed by atoms with Crippen molar-refractivity contribution >= 4 is 11.9 Å². The van der Waals surface area contributed by atoms with E-state index in [1.165, 1.54) is 10.7 Å². The number of rotatable bonds is 5. The average Bonchev–Trinajstić information content (AvgIpc) is 2.94. The molecule has 0 unspecified atom stereocenters. The highest BCUT2D eigenvalue weighted by Crippen LogP contribution is 2.05. The molecule has 0 saturated carbocycles. The van der Waals surface area contributed by atoms with E-state index in [0.29, 0.717) is 13.0 Å². The van der Waals surface area contributed by atoms with Gasteiger partial charge >= 0.3 is 5.97 Å². The predicted molar refractivity (Wildman–Crippen MR) is 72.5 cm³/mol. The maximum Gasteiger partial charge on any atom is 0.356 e. The smallest absolute Gasteiger partial charge is 0.356 e. The van der Waals surface area contributed by atoms with E-state index in [1.54, 1.807) is 6.20 Å². The molecule has 2 rings (SSSR count). The number of carbonyl (C=O) groups is 2. The van der Waals surface area contributed by atoms with Gasteiger partial charge in [0.2, 0.25) is 5.91 Å². The molecule has 2 heterocycles. The highest BCUT2D eigenvalue weighted by molar-refractivity contribution is 5.85. The molecular weight excluding hydrogens is 260 g/mol. The average molecular weight is 280 g/mol. The number of likely N-dealkylation sites (N-methyl/N-ethyl adjacent to an activating group) is 1. The van der Waals surface area contributed by atoms with Crippen LogP contribution in [0.4, 0.5) is 0 Å². The Kier molecular flexibility index (Phi) is 4.73. The minimum Gasteiger partial charge on any atom is -0.476 e. The molecule has 1 aromatic heterocycles. The van der Waals surface area contributed by atoms with Crippen LogP contribution in [0, 0.1) is 0 Å². The standard InChI is InChI=1S/C13H20N4O3/c1-2-15-7-9-16(10-8-15)12(18)4-6-17-5-3-11(14-17)13(19)20/h3,5H,2,4,6-10H2,1H3,(H,19,20). The summed E-state index contributed by atoms with van der Waals surface area (Å²) in [7, 11) is 0. The molecule has 0 bridgehead atoms. The zero-order chi connectivity index (χ0) is 14.5. The van der Waals surface area contributed by atoms with Gasteiger partial charge in [0, 0.05) is 45.3 Å². The molecular formula is C13H20N4O3. The number of aromatic nitrogens is 2. The van der Waals surface area contributed by atoms with E-state index in [0.717, 1.165) is 32.7 Å². The summed E-state index contributed by atoms with van der Waals surface area (Å²) in [4.78, 5) is 26.9. The van der Waals surface area contributed by atoms with Crippen LogP contribution in [-0.4, -0.2) is 69.3 Å². The lowest BCUT2D eigenvalue weighted by Gasteiger charge is -2.34. The first-order valence-electron chi connectivity index (χ1n) is 6.87. The minimum atomic E-state index is -1.05. The molecule has 110 valence electrons. The first-order chi connectivity index (χ1) is 9.60. The Hall–Kier alpha value is -1.89. The molecule has 0 radical (unpaired) electrons. The summed E-state index contributed by atoms with van der Waals surface area (Å²) in [6, 6.07) is 1.44. The van der Waals surface area contributed by atoms with E-state index >= 15 is 0 Å². The number of hydrogen-bond acceptors (Lipinski definition) is 4. The fourth-order valence-corrected chi connectivity index (χ4v) is 2.28. The molecule has 1 aliphatic heterocycles. The van der Waals surface area contributed by atoms with Gasteiger partial charge in [-0.15, -0.1) is 0 Å². The van der Waals surface area contributed by atoms with Gasteiger partial charge in [-0.25, -0.2) is 4.79 Å². The molecule has 20 heavy (non-hydrogen) atoms. The van der Waals surface area contributed by atoms with Gasteiger partial charge in [-0.3, -0.25) is 9.48 Å². The topological polar surface area (TPSA) is 78.7 Å². The van der Waals surface area contributed by atoms with Crippen molar-refractivity contribution in [1.29, 1.82) is 0 Å². The maximum absolute atomic E-state index is 12.1. The summed E-state index contributed by atoms with van der Waals surface area (Å²) >= 11 is 0. The highest BCUT2D eigenvalue weighted by atomic mass is 16.4. The zero-order valence-electron chi connectivity index (χ0n) is 11.7. The number of piperazine rings is 1. The third-order valence-electron chi connectivity index (χ3n) is 3.59. The Balaban J connectivity index is 1.78. The highest BCUT2D eigenvalue weighted by Gasteiger charge is 2.19. The van der Waals surface area contributed by atoms with Crippen molar-refractivity contribution in [3.05, 3.63) is 18.0 Å². The van der Waals surface area contributed by atoms with Crippen LogP contribution < -0.4 is 0 Å². The second-order valence-electron chi connectivity index (χ2n) is 4.83. The largest absolute Gasteiger partial charge is 0.476 e. The van der Waals surface area contributed by atoms with E-state index in [4.69, 9.17) is 5.11 Å². The van der Waals surface area contributed by atoms with Crippen LogP contribution in [0.15, 0.2) is 12.3 Å². The molecule has 1 fully saturated rings. The van der Waals surface area contributed by atoms with Gasteiger partial charge in [0.1, 0.15) is 0 Å². The van der Waals surface area contributed by atoms with Crippen molar-refractivity contribution in [1.82, 2.24) is 19.6 Å². The number of carboxylic acid groups (broad SMARTS) is 1. The molecule has 0 aliphatic carbocycles. The molecule has 0 spiro atoms. The molecule has 7 nitrogen and oxygen atoms in total. The van der Waals surface area contributed by atoms with Crippen LogP contribution in [0.3, 0.4) is 0 Å². The predicted octanol–water partition coefficient (Wildman–Crippen LogP) is 0.136. The first-order valence-corrected chi connectivity index (χ1v) is 6.87. The fraction of sp³-hybridized carbons (Fsp3) is 0.615. The Morgan fingerprint density at radius 1 is 1.30 bits per heavy atom. The van der Waals surface area contributed by atoms with Crippen LogP contribution in [-0.2, 0) is 11.3 Å². The number of aromatic carboxylic acids is 1. The van der Waals surface area contributed by atoms with Crippen molar-refractivity contribution in [3.63, 3.8) is 0 Å². The van der Waals surface area contributed by atoms with Crippen molar-refractivity contribution in [3.8, 4) is 0 Å². The number of carboxylic acids is 1. The Labute approximate surface area is 117 Å². The second-order valence-corrected chi connectivity index (χ2v) is 4.83. The van der Waals surface area contributed by atoms with Crippen molar-refractivity contribution in [2.75, 3.05) is 32.7 Å². The lowest BCUT2D eigenvalue weighted by atomic mass is 10.3. The number of hydrogen-bond donors (Lipinski definition) is 1. The Bertz CT molecular complexity index is 478. The van der Waals surface area contributed by atoms with Gasteiger partial charge in [-0.2, -0.15) is 5.10 Å². The third kappa shape index (κ3) is 3.57. The summed E-state index contributed by atoms with van der Waals surface area (Å²) in [5, 5.41) is 12.7. The van der Waals surface area contributed by atoms with Crippen LogP contribution in [0.2, 0.25) is 0 Å². The van der Waals surface area contributed by atoms with E-state index < -0.39 is 5.97 Å². The monoisotopic (exact) mass is 280 g/mol. The van der Waals surface area contributed by atoms with E-state index in [1.807, 2.05) is 4.90 Å². The Morgan fingerprint density at radius 2 is 2.00 bits per heavy atom. The quantitative estimate of drug-likeness (QED) is 0.829. The van der Waals surface area contributed by atoms with E-state index in [-0.39, 0.29) is 11.6 Å². The van der Waals surface area contributed by atoms with Gasteiger partial charge in [-0.05, 0) is 12.6 Å². The molecule has 1 saturated heterocycles. The fourth-order valence-electron chi connectivity index (χ4n) is 2.28. The van der Waals surface area contributed by atoms with Crippen LogP contribution in [0.25, 0.3) is 0 Å². The SMILES string of the molecule is CCN1CCN(C(=O)CCn2ccc(C(=O)O)n2)CC1. The number of aryl methyl sites for hydroxylation is 1. The summed E-state index contributed by atoms with van der Waals surface area (Å²) in [5.41, 5.74) is 0.00834. The van der Waals surface area contributed by atoms with Gasteiger partial charge < -0.3 is 14.9 Å². The summed E-state index contributed by atoms with van der Waals surface area (Å²) in [6.45, 7) is 6.95. The van der Waals surface area contributed by atoms with E-state index in [9.17, 15) is 9.59 Å². The molecule has 0 atom stereocenters. The zero-order valence-corrected chi connectivity index (χ0v) is 11.7. The van der Waals surface area contributed by atoms with Gasteiger partial charge in [0.05, 0.1) is 0 Å². The normalized spacial score (nSPS) is 16.4. The summed E-state index contributed by atoms with van der Waals surface area (Å²) < 4.78 is 1.50. The summed E-state index contributed by atoms with van der Waals surface area (Å²) in [6.07, 6.45) is 1.94. The van der Waals surface area contributed by atoms with Crippen LogP contribution >= 0.6 is 0 Å². The van der Waals surface area contributed by atoms with Crippen LogP contribution in [0.5, 0.6) is 0 Å². The van der Waals surface area contributed by atoms with Crippen molar-refractivity contribution in [2.45, 2.75) is 19.9 Å². The molecule has 1 aromatic rings. The molecule has 0 aromatic carbocycles.